The first kappa shape index (κ1) is 23.2. The molecular formula is C26H51N. The molecule has 0 radical (unpaired) electrons. The molecule has 5 unspecified atom stereocenters. The van der Waals surface area contributed by atoms with Crippen LogP contribution in [0.3, 0.4) is 0 Å². The van der Waals surface area contributed by atoms with Crippen LogP contribution in [0.5, 0.6) is 0 Å². The fraction of sp³-hybridized carbons (Fsp3) is 1.00. The number of fused-ring (bicyclic) bond motifs is 1. The molecule has 1 aliphatic heterocycles. The number of hydrogen-bond donors (Lipinski definition) is 0. The Morgan fingerprint density at radius 1 is 0.593 bits per heavy atom. The van der Waals surface area contributed by atoms with Gasteiger partial charge in [0.05, 0.1) is 0 Å². The summed E-state index contributed by atoms with van der Waals surface area (Å²) in [5.41, 5.74) is 1.82. The summed E-state index contributed by atoms with van der Waals surface area (Å²) < 4.78 is 0. The number of likely N-dealkylation sites (tertiary alicyclic amines) is 1. The van der Waals surface area contributed by atoms with Crippen LogP contribution in [0.25, 0.3) is 0 Å². The fourth-order valence-corrected chi connectivity index (χ4v) is 6.23. The molecule has 0 aromatic carbocycles. The van der Waals surface area contributed by atoms with Crippen molar-refractivity contribution in [3.8, 4) is 0 Å². The van der Waals surface area contributed by atoms with Crippen molar-refractivity contribution in [3.05, 3.63) is 0 Å². The van der Waals surface area contributed by atoms with Crippen LogP contribution in [0.1, 0.15) is 115 Å². The smallest absolute Gasteiger partial charge is 0.0155 e. The molecule has 0 amide bonds. The van der Waals surface area contributed by atoms with Crippen molar-refractivity contribution >= 4 is 0 Å². The summed E-state index contributed by atoms with van der Waals surface area (Å²) in [5.74, 6) is 2.90. The second-order valence-electron chi connectivity index (χ2n) is 14.1. The topological polar surface area (TPSA) is 3.24 Å². The second-order valence-corrected chi connectivity index (χ2v) is 14.1. The first-order chi connectivity index (χ1) is 11.9. The zero-order valence-electron chi connectivity index (χ0n) is 20.9. The minimum Gasteiger partial charge on any atom is -0.292 e. The first-order valence-corrected chi connectivity index (χ1v) is 11.7. The lowest BCUT2D eigenvalue weighted by atomic mass is 9.66. The summed E-state index contributed by atoms with van der Waals surface area (Å²) >= 11 is 0. The minimum atomic E-state index is 0.355. The van der Waals surface area contributed by atoms with E-state index in [-0.39, 0.29) is 0 Å². The highest BCUT2D eigenvalue weighted by molar-refractivity contribution is 5.11. The van der Waals surface area contributed by atoms with Crippen molar-refractivity contribution in [2.75, 3.05) is 0 Å². The van der Waals surface area contributed by atoms with E-state index < -0.39 is 0 Å². The van der Waals surface area contributed by atoms with Gasteiger partial charge in [-0.3, -0.25) is 4.90 Å². The monoisotopic (exact) mass is 377 g/mol. The third-order valence-electron chi connectivity index (χ3n) is 7.62. The molecule has 0 N–H and O–H groups in total. The summed E-state index contributed by atoms with van der Waals surface area (Å²) in [4.78, 5) is 2.79. The molecule has 1 nitrogen and oxygen atoms in total. The van der Waals surface area contributed by atoms with Gasteiger partial charge < -0.3 is 0 Å². The first-order valence-electron chi connectivity index (χ1n) is 11.7. The number of hydrogen-bond acceptors (Lipinski definition) is 1. The van der Waals surface area contributed by atoms with E-state index >= 15 is 0 Å². The molecular weight excluding hydrogens is 326 g/mol. The molecule has 3 fully saturated rings. The quantitative estimate of drug-likeness (QED) is 0.416. The Morgan fingerprint density at radius 2 is 1.04 bits per heavy atom. The average Bonchev–Trinajstić information content (AvgIpc) is 2.88. The third kappa shape index (κ3) is 5.52. The average molecular weight is 378 g/mol. The van der Waals surface area contributed by atoms with E-state index in [9.17, 15) is 0 Å². The summed E-state index contributed by atoms with van der Waals surface area (Å²) in [6, 6.07) is 1.71. The normalized spacial score (nSPS) is 34.9. The molecule has 2 saturated carbocycles. The molecule has 1 heterocycles. The molecule has 2 aliphatic carbocycles. The Bertz CT molecular complexity index is 470. The summed E-state index contributed by atoms with van der Waals surface area (Å²) in [6.07, 6.45) is 7.25. The van der Waals surface area contributed by atoms with Crippen LogP contribution < -0.4 is 0 Å². The maximum atomic E-state index is 2.79. The van der Waals surface area contributed by atoms with Crippen LogP contribution in [-0.4, -0.2) is 22.5 Å². The Labute approximate surface area is 172 Å². The lowest BCUT2D eigenvalue weighted by Gasteiger charge is -2.45. The van der Waals surface area contributed by atoms with E-state index in [0.29, 0.717) is 21.8 Å². The molecule has 1 saturated heterocycles. The molecule has 0 aromatic rings. The van der Waals surface area contributed by atoms with Gasteiger partial charge in [-0.2, -0.15) is 0 Å². The Morgan fingerprint density at radius 3 is 1.33 bits per heavy atom. The largest absolute Gasteiger partial charge is 0.292 e. The fourth-order valence-electron chi connectivity index (χ4n) is 6.23. The SMILES string of the molecule is CC(C)(C)C1CC2CC2N1C(C)(C)C.CC(C)(C)C1CCCC1C(C)(C)C. The van der Waals surface area contributed by atoms with Crippen LogP contribution in [-0.2, 0) is 0 Å². The Kier molecular flexibility index (Phi) is 6.31. The highest BCUT2D eigenvalue weighted by Crippen LogP contribution is 2.54. The van der Waals surface area contributed by atoms with Gasteiger partial charge in [-0.1, -0.05) is 68.7 Å². The Balaban J connectivity index is 0.000000194. The zero-order valence-corrected chi connectivity index (χ0v) is 20.9. The lowest BCUT2D eigenvalue weighted by Crippen LogP contribution is -2.51. The van der Waals surface area contributed by atoms with Gasteiger partial charge in [-0.15, -0.1) is 0 Å². The van der Waals surface area contributed by atoms with Crippen LogP contribution in [0.4, 0.5) is 0 Å². The van der Waals surface area contributed by atoms with Gasteiger partial charge in [0.15, 0.2) is 0 Å². The summed E-state index contributed by atoms with van der Waals surface area (Å²) in [5, 5.41) is 0. The molecule has 0 aromatic heterocycles. The minimum absolute atomic E-state index is 0.355. The van der Waals surface area contributed by atoms with Gasteiger partial charge in [-0.25, -0.2) is 0 Å². The molecule has 0 bridgehead atoms. The van der Waals surface area contributed by atoms with Crippen molar-refractivity contribution in [3.63, 3.8) is 0 Å². The predicted octanol–water partition coefficient (Wildman–Crippen LogP) is 7.79. The second kappa shape index (κ2) is 7.33. The van der Waals surface area contributed by atoms with Crippen LogP contribution in [0.2, 0.25) is 0 Å². The lowest BCUT2D eigenvalue weighted by molar-refractivity contribution is 0.0363. The van der Waals surface area contributed by atoms with E-state index in [4.69, 9.17) is 0 Å². The summed E-state index contributed by atoms with van der Waals surface area (Å²) in [7, 11) is 0. The van der Waals surface area contributed by atoms with Gasteiger partial charge in [0.1, 0.15) is 0 Å². The third-order valence-corrected chi connectivity index (χ3v) is 7.62. The van der Waals surface area contributed by atoms with Crippen molar-refractivity contribution < 1.29 is 0 Å². The van der Waals surface area contributed by atoms with E-state index in [1.165, 1.54) is 32.1 Å². The zero-order chi connectivity index (χ0) is 21.0. The van der Waals surface area contributed by atoms with Crippen LogP contribution >= 0.6 is 0 Å². The molecule has 5 atom stereocenters. The molecule has 27 heavy (non-hydrogen) atoms. The maximum Gasteiger partial charge on any atom is 0.0155 e. The number of piperidine rings is 1. The highest BCUT2D eigenvalue weighted by atomic mass is 15.3. The summed E-state index contributed by atoms with van der Waals surface area (Å²) in [6.45, 7) is 28.7. The van der Waals surface area contributed by atoms with Gasteiger partial charge in [0, 0.05) is 17.6 Å². The van der Waals surface area contributed by atoms with Crippen LogP contribution in [0.15, 0.2) is 0 Å². The number of nitrogens with zero attached hydrogens (tertiary/aromatic N) is 1. The maximum absolute atomic E-state index is 2.79. The van der Waals surface area contributed by atoms with Crippen molar-refractivity contribution in [1.82, 2.24) is 4.90 Å². The van der Waals surface area contributed by atoms with Crippen molar-refractivity contribution in [2.24, 2.45) is 34.0 Å². The van der Waals surface area contributed by atoms with E-state index in [1.54, 1.807) is 0 Å². The molecule has 160 valence electrons. The molecule has 1 heteroatoms. The van der Waals surface area contributed by atoms with Gasteiger partial charge in [0.2, 0.25) is 0 Å². The van der Waals surface area contributed by atoms with Crippen molar-refractivity contribution in [2.45, 2.75) is 133 Å². The predicted molar refractivity (Wildman–Crippen MR) is 121 cm³/mol. The van der Waals surface area contributed by atoms with Gasteiger partial charge in [-0.05, 0) is 80.5 Å². The van der Waals surface area contributed by atoms with E-state index in [0.717, 1.165) is 29.8 Å². The molecule has 3 aliphatic rings. The van der Waals surface area contributed by atoms with Crippen molar-refractivity contribution in [1.29, 1.82) is 0 Å². The highest BCUT2D eigenvalue weighted by Gasteiger charge is 2.57. The van der Waals surface area contributed by atoms with E-state index in [2.05, 4.69) is 88.0 Å². The van der Waals surface area contributed by atoms with E-state index in [1.807, 2.05) is 0 Å². The Hall–Kier alpha value is -0.0400. The molecule has 0 spiro atoms. The standard InChI is InChI=1S/C13H25N.C13H26/c1-12(2,3)11-8-9-7-10(9)14(11)13(4,5)6;1-12(2,3)10-8-7-9-11(10)13(4,5)6/h9-11H,7-8H2,1-6H3;10-11H,7-9H2,1-6H3. The van der Waals surface area contributed by atoms with Crippen LogP contribution in [0, 0.1) is 34.0 Å². The van der Waals surface area contributed by atoms with Gasteiger partial charge in [0.25, 0.3) is 0 Å². The number of rotatable bonds is 0. The molecule has 3 rings (SSSR count). The van der Waals surface area contributed by atoms with Gasteiger partial charge >= 0.3 is 0 Å².